The Morgan fingerprint density at radius 2 is 0.940 bits per heavy atom. The van der Waals surface area contributed by atoms with Gasteiger partial charge in [-0.2, -0.15) is 10.5 Å². The first-order valence-electron chi connectivity index (χ1n) is 32.3. The minimum absolute atomic E-state index is 0.183. The second-order valence-corrected chi connectivity index (χ2v) is 39.8. The summed E-state index contributed by atoms with van der Waals surface area (Å²) in [6, 6.07) is 53.8. The van der Waals surface area contributed by atoms with Gasteiger partial charge in [0.2, 0.25) is 0 Å². The molecule has 0 bridgehead atoms. The standard InChI is InChI=1S/C75H82N6O12P6S/c1-11-35-65(36-12-2)87-96(76-95(86-73-57-59-100(10)60-58-73,75(8,9)83-64-37-21-14-22-38-64)79-97(80-96,88-66-39-23-15-24-40-66)89-67-41-25-16-26-42-67)84-62(5)53-56-63(13-3)82-74(6,7)94(85-72-54-51-61(4)52-55-72)77-98(90-68-43-27-17-28-44-68,91-69-45-29-18-30-46-69)81-99(78-94,92-70-47-31-19-32-48-70)93-71-49-33-20-34-50-71/h11-21,23-33,35-37,39-49,51-60H,1,3,22,34,38,50H2,2,4-10H3/b36-12-,62-53+,63-56+,65-35+. The predicted molar refractivity (Wildman–Crippen MR) is 413 cm³/mol. The van der Waals surface area contributed by atoms with Gasteiger partial charge in [0.15, 0.2) is 10.7 Å². The lowest BCUT2D eigenvalue weighted by atomic mass is 10.2. The molecular weight excluding hydrogens is 1390 g/mol. The van der Waals surface area contributed by atoms with Crippen molar-refractivity contribution in [3.8, 4) is 34.5 Å². The van der Waals surface area contributed by atoms with Crippen LogP contribution in [0.2, 0.25) is 0 Å². The summed E-state index contributed by atoms with van der Waals surface area (Å²) in [5.74, 6) is 4.92. The largest absolute Gasteiger partial charge is 0.481 e. The highest BCUT2D eigenvalue weighted by atomic mass is 32.2. The Balaban J connectivity index is 1.14. The fourth-order valence-corrected chi connectivity index (χ4v) is 32.2. The number of ether oxygens (including phenoxy) is 2. The second kappa shape index (κ2) is 32.4. The van der Waals surface area contributed by atoms with Crippen LogP contribution in [0.25, 0.3) is 0 Å². The first-order valence-corrected chi connectivity index (χ1v) is 43.4. The van der Waals surface area contributed by atoms with E-state index in [4.69, 9.17) is 81.8 Å². The minimum atomic E-state index is -4.36. The van der Waals surface area contributed by atoms with Crippen LogP contribution in [0.3, 0.4) is 0 Å². The summed E-state index contributed by atoms with van der Waals surface area (Å²) in [4.78, 5) is 0. The third-order valence-electron chi connectivity index (χ3n) is 14.7. The van der Waals surface area contributed by atoms with Crippen LogP contribution in [0, 0.1) is 6.92 Å². The van der Waals surface area contributed by atoms with Gasteiger partial charge in [-0.25, -0.2) is 0 Å². The zero-order valence-electron chi connectivity index (χ0n) is 57.0. The lowest BCUT2D eigenvalue weighted by Crippen LogP contribution is -2.27. The van der Waals surface area contributed by atoms with Crippen molar-refractivity contribution in [2.45, 2.75) is 84.8 Å². The van der Waals surface area contributed by atoms with E-state index < -0.39 is 56.2 Å². The maximum atomic E-state index is 7.47. The summed E-state index contributed by atoms with van der Waals surface area (Å²) in [6.45, 7) is 21.5. The van der Waals surface area contributed by atoms with Gasteiger partial charge in [-0.3, -0.25) is 0 Å². The Kier molecular flexibility index (Phi) is 23.5. The summed E-state index contributed by atoms with van der Waals surface area (Å²) < 4.78 is 121. The van der Waals surface area contributed by atoms with E-state index >= 15 is 0 Å². The topological polar surface area (TPSA) is 185 Å². The van der Waals surface area contributed by atoms with Crippen molar-refractivity contribution in [2.75, 3.05) is 6.26 Å². The number of hydrogen-bond donors (Lipinski definition) is 0. The van der Waals surface area contributed by atoms with E-state index in [0.717, 1.165) is 12.0 Å². The van der Waals surface area contributed by atoms with E-state index in [-0.39, 0.29) is 22.0 Å². The molecule has 0 spiro atoms. The van der Waals surface area contributed by atoms with Gasteiger partial charge in [0.1, 0.15) is 63.3 Å². The van der Waals surface area contributed by atoms with Crippen LogP contribution >= 0.6 is 56.0 Å². The Bertz CT molecular complexity index is 4630. The summed E-state index contributed by atoms with van der Waals surface area (Å²) >= 11 is 0. The van der Waals surface area contributed by atoms with Gasteiger partial charge in [-0.05, 0) is 206 Å². The molecule has 0 saturated carbocycles. The Labute approximate surface area is 590 Å². The molecule has 100 heavy (non-hydrogen) atoms. The molecule has 0 N–H and O–H groups in total. The smallest absolute Gasteiger partial charge is 0.458 e. The SMILES string of the molecule is C=C/C=C(\C=C/C)OP1(O/C(C)=C/C=C(\C=C)OC(C)(C)P2(Oc3ccc(C)cc3)=NP(OC3=CC=CCC3)(Oc3ccccc3)=NP(Oc3ccccc3)(Oc3ccccc3)=N2)=NP(Oc2ccccc2)(Oc2ccccc2)=NP(OC2=CC=S(C)C=C2)(C(C)(C)OC2=CC=CCC2)=N1. The third-order valence-corrected chi connectivity index (χ3v) is 34.6. The zero-order valence-corrected chi connectivity index (χ0v) is 63.2. The van der Waals surface area contributed by atoms with Crippen molar-refractivity contribution in [1.82, 2.24) is 0 Å². The minimum Gasteiger partial charge on any atom is -0.481 e. The van der Waals surface area contributed by atoms with Crippen molar-refractivity contribution >= 4 is 61.4 Å². The van der Waals surface area contributed by atoms with Crippen LogP contribution in [0.1, 0.15) is 72.8 Å². The van der Waals surface area contributed by atoms with Crippen LogP contribution in [0.5, 0.6) is 34.5 Å². The number of nitrogens with zero attached hydrogens (tertiary/aromatic N) is 6. The molecule has 0 aromatic heterocycles. The lowest BCUT2D eigenvalue weighted by Gasteiger charge is -2.41. The molecule has 25 heteroatoms. The monoisotopic (exact) mass is 1480 g/mol. The second-order valence-electron chi connectivity index (χ2n) is 23.6. The predicted octanol–water partition coefficient (Wildman–Crippen LogP) is 26.4. The molecule has 5 unspecified atom stereocenters. The summed E-state index contributed by atoms with van der Waals surface area (Å²) in [5, 5.41) is 1.12. The number of para-hydroxylation sites is 5. The molecule has 3 aliphatic heterocycles. The van der Waals surface area contributed by atoms with Crippen LogP contribution in [0.4, 0.5) is 0 Å². The van der Waals surface area contributed by atoms with E-state index in [1.165, 1.54) is 0 Å². The van der Waals surface area contributed by atoms with Gasteiger partial charge >= 0.3 is 45.5 Å². The molecule has 6 aromatic rings. The van der Waals surface area contributed by atoms with Gasteiger partial charge in [-0.15, -0.1) is 18.1 Å². The van der Waals surface area contributed by atoms with Crippen molar-refractivity contribution in [1.29, 1.82) is 0 Å². The lowest BCUT2D eigenvalue weighted by molar-refractivity contribution is 0.0926. The van der Waals surface area contributed by atoms with Gasteiger partial charge in [0.25, 0.3) is 0 Å². The van der Waals surface area contributed by atoms with Crippen LogP contribution in [-0.2, 0) is 27.6 Å². The molecule has 520 valence electrons. The van der Waals surface area contributed by atoms with Crippen molar-refractivity contribution in [3.05, 3.63) is 326 Å². The summed E-state index contributed by atoms with van der Waals surface area (Å²) in [6.07, 6.45) is 32.3. The normalized spacial score (nSPS) is 23.1. The van der Waals surface area contributed by atoms with E-state index in [1.54, 1.807) is 43.4 Å². The maximum absolute atomic E-state index is 7.47. The highest BCUT2D eigenvalue weighted by Gasteiger charge is 2.57. The van der Waals surface area contributed by atoms with Crippen molar-refractivity contribution in [3.63, 3.8) is 0 Å². The highest BCUT2D eigenvalue weighted by molar-refractivity contribution is 8.17. The van der Waals surface area contributed by atoms with E-state index in [9.17, 15) is 0 Å². The maximum Gasteiger partial charge on any atom is 0.458 e. The molecule has 0 amide bonds. The first kappa shape index (κ1) is 72.6. The third kappa shape index (κ3) is 18.5. The number of allylic oxidation sites excluding steroid dienone is 18. The van der Waals surface area contributed by atoms with Gasteiger partial charge in [0.05, 0.1) is 5.76 Å². The molecule has 6 aromatic carbocycles. The number of hydrogen-bond acceptors (Lipinski definition) is 18. The summed E-state index contributed by atoms with van der Waals surface area (Å²) in [5.41, 5.74) is 0.993. The fourth-order valence-electron chi connectivity index (χ4n) is 9.89. The molecular formula is C75H82N6O12P6S. The van der Waals surface area contributed by atoms with E-state index in [2.05, 4.69) is 42.3 Å². The van der Waals surface area contributed by atoms with Crippen molar-refractivity contribution in [2.24, 2.45) is 27.1 Å². The van der Waals surface area contributed by atoms with Gasteiger partial charge in [-0.1, -0.05) is 167 Å². The molecule has 5 atom stereocenters. The van der Waals surface area contributed by atoms with Crippen LogP contribution < -0.4 is 27.1 Å². The Morgan fingerprint density at radius 3 is 1.39 bits per heavy atom. The molecule has 0 radical (unpaired) electrons. The van der Waals surface area contributed by atoms with Crippen LogP contribution in [0.15, 0.2) is 347 Å². The van der Waals surface area contributed by atoms with E-state index in [1.807, 2.05) is 260 Å². The van der Waals surface area contributed by atoms with E-state index in [0.29, 0.717) is 76.8 Å². The fraction of sp³-hybridized carbons (Fsp3) is 0.187. The molecule has 0 saturated heterocycles. The number of benzene rings is 6. The molecule has 2 aliphatic carbocycles. The molecule has 11 rings (SSSR count). The average Bonchev–Trinajstić information content (AvgIpc) is 0.722. The molecule has 0 fully saturated rings. The van der Waals surface area contributed by atoms with Gasteiger partial charge < -0.3 is 54.7 Å². The highest BCUT2D eigenvalue weighted by Crippen LogP contribution is 2.85. The first-order chi connectivity index (χ1) is 48.3. The quantitative estimate of drug-likeness (QED) is 0.0180. The van der Waals surface area contributed by atoms with Gasteiger partial charge in [0, 0.05) is 12.8 Å². The number of rotatable bonds is 30. The summed E-state index contributed by atoms with van der Waals surface area (Å²) in [7, 11) is -25.3. The average molecular weight is 1480 g/mol. The molecule has 18 nitrogen and oxygen atoms in total. The number of aryl methyl sites for hydroxylation is 1. The Morgan fingerprint density at radius 1 is 0.480 bits per heavy atom. The molecule has 3 heterocycles. The molecule has 5 aliphatic rings. The van der Waals surface area contributed by atoms with Crippen molar-refractivity contribution < 1.29 is 54.7 Å². The van der Waals surface area contributed by atoms with Crippen LogP contribution in [-0.4, -0.2) is 22.3 Å². The Hall–Kier alpha value is -8.60. The zero-order chi connectivity index (χ0) is 70.2.